The third-order valence-electron chi connectivity index (χ3n) is 2.82. The topological polar surface area (TPSA) is 38.3 Å². The Morgan fingerprint density at radius 2 is 2.14 bits per heavy atom. The number of rotatable bonds is 4. The van der Waals surface area contributed by atoms with Crippen LogP contribution in [-0.4, -0.2) is 25.2 Å². The maximum Gasteiger partial charge on any atom is 0.306 e. The molecule has 3 heteroatoms. The van der Waals surface area contributed by atoms with Crippen molar-refractivity contribution in [1.82, 2.24) is 5.32 Å². The molecule has 0 amide bonds. The van der Waals surface area contributed by atoms with E-state index in [-0.39, 0.29) is 12.1 Å². The molecule has 1 rings (SSSR count). The van der Waals surface area contributed by atoms with E-state index in [1.165, 1.54) is 0 Å². The van der Waals surface area contributed by atoms with Crippen LogP contribution < -0.4 is 5.32 Å². The zero-order chi connectivity index (χ0) is 10.4. The molecule has 1 heterocycles. The lowest BCUT2D eigenvalue weighted by atomic mass is 9.95. The predicted octanol–water partition coefficient (Wildman–Crippen LogP) is 1.72. The molecule has 1 aliphatic rings. The van der Waals surface area contributed by atoms with Gasteiger partial charge in [-0.25, -0.2) is 0 Å². The van der Waals surface area contributed by atoms with Gasteiger partial charge in [0.05, 0.1) is 6.10 Å². The van der Waals surface area contributed by atoms with Gasteiger partial charge in [0.25, 0.3) is 0 Å². The summed E-state index contributed by atoms with van der Waals surface area (Å²) in [7, 11) is 0. The van der Waals surface area contributed by atoms with E-state index in [0.717, 1.165) is 32.4 Å². The summed E-state index contributed by atoms with van der Waals surface area (Å²) in [5, 5.41) is 3.29. The molecule has 1 atom stereocenters. The van der Waals surface area contributed by atoms with Crippen LogP contribution in [0.5, 0.6) is 0 Å². The van der Waals surface area contributed by atoms with Gasteiger partial charge in [-0.15, -0.1) is 0 Å². The number of piperidine rings is 1. The molecule has 82 valence electrons. The smallest absolute Gasteiger partial charge is 0.306 e. The van der Waals surface area contributed by atoms with Crippen LogP contribution in [0.3, 0.4) is 0 Å². The summed E-state index contributed by atoms with van der Waals surface area (Å²) in [6, 6.07) is 0. The van der Waals surface area contributed by atoms with Crippen LogP contribution in [0.15, 0.2) is 0 Å². The number of carbonyl (C=O) groups excluding carboxylic acids is 1. The highest BCUT2D eigenvalue weighted by molar-refractivity contribution is 5.69. The van der Waals surface area contributed by atoms with Gasteiger partial charge < -0.3 is 10.1 Å². The van der Waals surface area contributed by atoms with Crippen molar-refractivity contribution >= 4 is 5.97 Å². The van der Waals surface area contributed by atoms with Crippen molar-refractivity contribution in [1.29, 1.82) is 0 Å². The molecule has 1 saturated heterocycles. The zero-order valence-electron chi connectivity index (χ0n) is 9.21. The highest BCUT2D eigenvalue weighted by Crippen LogP contribution is 2.16. The van der Waals surface area contributed by atoms with Gasteiger partial charge in [0, 0.05) is 6.42 Å². The number of ether oxygens (including phenoxy) is 1. The van der Waals surface area contributed by atoms with E-state index >= 15 is 0 Å². The fourth-order valence-corrected chi connectivity index (χ4v) is 1.68. The molecule has 3 nitrogen and oxygen atoms in total. The second-order valence-corrected chi connectivity index (χ2v) is 4.11. The van der Waals surface area contributed by atoms with Crippen molar-refractivity contribution in [2.45, 2.75) is 45.6 Å². The lowest BCUT2D eigenvalue weighted by Gasteiger charge is -2.22. The Kier molecular flexibility index (Phi) is 4.94. The van der Waals surface area contributed by atoms with Gasteiger partial charge >= 0.3 is 5.97 Å². The summed E-state index contributed by atoms with van der Waals surface area (Å²) in [5.74, 6) is 0.513. The second-order valence-electron chi connectivity index (χ2n) is 4.11. The van der Waals surface area contributed by atoms with Crippen molar-refractivity contribution in [3.05, 3.63) is 0 Å². The SMILES string of the molecule is CCC(C)OC(=O)CC1CCNCC1. The van der Waals surface area contributed by atoms with Crippen molar-refractivity contribution in [2.75, 3.05) is 13.1 Å². The van der Waals surface area contributed by atoms with Gasteiger partial charge in [-0.3, -0.25) is 4.79 Å². The van der Waals surface area contributed by atoms with Crippen LogP contribution >= 0.6 is 0 Å². The molecule has 1 N–H and O–H groups in total. The van der Waals surface area contributed by atoms with Crippen molar-refractivity contribution in [3.63, 3.8) is 0 Å². The zero-order valence-corrected chi connectivity index (χ0v) is 9.21. The molecule has 0 aromatic carbocycles. The Hall–Kier alpha value is -0.570. The quantitative estimate of drug-likeness (QED) is 0.701. The van der Waals surface area contributed by atoms with Crippen LogP contribution in [0.1, 0.15) is 39.5 Å². The Morgan fingerprint density at radius 1 is 1.50 bits per heavy atom. The fraction of sp³-hybridized carbons (Fsp3) is 0.909. The Bertz CT molecular complexity index is 176. The van der Waals surface area contributed by atoms with E-state index in [0.29, 0.717) is 12.3 Å². The minimum Gasteiger partial charge on any atom is -0.463 e. The third-order valence-corrected chi connectivity index (χ3v) is 2.82. The number of carbonyl (C=O) groups is 1. The molecule has 14 heavy (non-hydrogen) atoms. The van der Waals surface area contributed by atoms with E-state index in [1.54, 1.807) is 0 Å². The van der Waals surface area contributed by atoms with Crippen molar-refractivity contribution in [3.8, 4) is 0 Å². The average Bonchev–Trinajstić information content (AvgIpc) is 2.19. The lowest BCUT2D eigenvalue weighted by Crippen LogP contribution is -2.29. The molecule has 0 spiro atoms. The molecule has 0 saturated carbocycles. The van der Waals surface area contributed by atoms with E-state index in [9.17, 15) is 4.79 Å². The van der Waals surface area contributed by atoms with Gasteiger partial charge in [0.2, 0.25) is 0 Å². The van der Waals surface area contributed by atoms with Gasteiger partial charge in [-0.1, -0.05) is 6.92 Å². The largest absolute Gasteiger partial charge is 0.463 e. The minimum atomic E-state index is -0.0220. The van der Waals surface area contributed by atoms with Crippen LogP contribution in [0.4, 0.5) is 0 Å². The third kappa shape index (κ3) is 4.09. The minimum absolute atomic E-state index is 0.0220. The molecule has 1 fully saturated rings. The first-order chi connectivity index (χ1) is 6.72. The maximum absolute atomic E-state index is 11.4. The average molecular weight is 199 g/mol. The molecule has 1 unspecified atom stereocenters. The molecular formula is C11H21NO2. The van der Waals surface area contributed by atoms with Gasteiger partial charge in [-0.2, -0.15) is 0 Å². The molecule has 0 aromatic heterocycles. The Morgan fingerprint density at radius 3 is 2.71 bits per heavy atom. The highest BCUT2D eigenvalue weighted by atomic mass is 16.5. The van der Waals surface area contributed by atoms with Crippen LogP contribution in [0.25, 0.3) is 0 Å². The van der Waals surface area contributed by atoms with Crippen LogP contribution in [0.2, 0.25) is 0 Å². The summed E-state index contributed by atoms with van der Waals surface area (Å²) in [6.07, 6.45) is 3.79. The number of esters is 1. The highest BCUT2D eigenvalue weighted by Gasteiger charge is 2.18. The number of nitrogens with one attached hydrogen (secondary N) is 1. The normalized spacial score (nSPS) is 20.4. The first kappa shape index (κ1) is 11.5. The first-order valence-corrected chi connectivity index (χ1v) is 5.62. The van der Waals surface area contributed by atoms with Gasteiger partial charge in [0.15, 0.2) is 0 Å². The molecule has 0 aromatic rings. The summed E-state index contributed by atoms with van der Waals surface area (Å²) >= 11 is 0. The molecule has 0 aliphatic carbocycles. The first-order valence-electron chi connectivity index (χ1n) is 5.62. The van der Waals surface area contributed by atoms with Crippen LogP contribution in [0, 0.1) is 5.92 Å². The predicted molar refractivity (Wildman–Crippen MR) is 56.1 cm³/mol. The molecular weight excluding hydrogens is 178 g/mol. The fourth-order valence-electron chi connectivity index (χ4n) is 1.68. The Balaban J connectivity index is 2.18. The van der Waals surface area contributed by atoms with E-state index in [2.05, 4.69) is 5.32 Å². The van der Waals surface area contributed by atoms with E-state index < -0.39 is 0 Å². The maximum atomic E-state index is 11.4. The summed E-state index contributed by atoms with van der Waals surface area (Å²) in [4.78, 5) is 11.4. The molecule has 0 radical (unpaired) electrons. The van der Waals surface area contributed by atoms with Crippen molar-refractivity contribution in [2.24, 2.45) is 5.92 Å². The molecule has 1 aliphatic heterocycles. The monoisotopic (exact) mass is 199 g/mol. The summed E-state index contributed by atoms with van der Waals surface area (Å²) < 4.78 is 5.24. The van der Waals surface area contributed by atoms with E-state index in [4.69, 9.17) is 4.74 Å². The lowest BCUT2D eigenvalue weighted by molar-refractivity contribution is -0.149. The van der Waals surface area contributed by atoms with Crippen molar-refractivity contribution < 1.29 is 9.53 Å². The number of hydrogen-bond donors (Lipinski definition) is 1. The number of hydrogen-bond acceptors (Lipinski definition) is 3. The standard InChI is InChI=1S/C11H21NO2/c1-3-9(2)14-11(13)8-10-4-6-12-7-5-10/h9-10,12H,3-8H2,1-2H3. The van der Waals surface area contributed by atoms with Crippen LogP contribution in [-0.2, 0) is 9.53 Å². The second kappa shape index (κ2) is 6.02. The van der Waals surface area contributed by atoms with Gasteiger partial charge in [0.1, 0.15) is 0 Å². The summed E-state index contributed by atoms with van der Waals surface area (Å²) in [6.45, 7) is 6.06. The Labute approximate surface area is 86.2 Å². The summed E-state index contributed by atoms with van der Waals surface area (Å²) in [5.41, 5.74) is 0. The van der Waals surface area contributed by atoms with Gasteiger partial charge in [-0.05, 0) is 45.2 Å². The molecule has 0 bridgehead atoms. The van der Waals surface area contributed by atoms with E-state index in [1.807, 2.05) is 13.8 Å².